The highest BCUT2D eigenvalue weighted by Crippen LogP contribution is 2.15. The molecule has 7 heteroatoms. The van der Waals surface area contributed by atoms with E-state index in [1.54, 1.807) is 18.2 Å². The highest BCUT2D eigenvalue weighted by Gasteiger charge is 2.16. The number of halogens is 1. The van der Waals surface area contributed by atoms with Crippen molar-refractivity contribution in [3.05, 3.63) is 42.5 Å². The van der Waals surface area contributed by atoms with E-state index in [4.69, 9.17) is 5.11 Å². The van der Waals surface area contributed by atoms with E-state index in [2.05, 4.69) is 15.7 Å². The quantitative estimate of drug-likeness (QED) is 0.765. The van der Waals surface area contributed by atoms with E-state index in [-0.39, 0.29) is 24.6 Å². The van der Waals surface area contributed by atoms with Gasteiger partial charge in [-0.05, 0) is 24.5 Å². The van der Waals surface area contributed by atoms with Crippen molar-refractivity contribution in [3.63, 3.8) is 0 Å². The van der Waals surface area contributed by atoms with Gasteiger partial charge in [-0.2, -0.15) is 5.10 Å². The molecule has 1 aromatic heterocycles. The molecule has 0 aliphatic heterocycles. The van der Waals surface area contributed by atoms with Gasteiger partial charge >= 0.3 is 6.03 Å². The van der Waals surface area contributed by atoms with Crippen LogP contribution < -0.4 is 10.6 Å². The lowest BCUT2D eigenvalue weighted by Gasteiger charge is -2.21. The summed E-state index contributed by atoms with van der Waals surface area (Å²) in [6.45, 7) is 3.95. The minimum atomic E-state index is -0.394. The maximum atomic E-state index is 13.7. The Morgan fingerprint density at radius 3 is 2.78 bits per heavy atom. The number of aromatic nitrogens is 2. The summed E-state index contributed by atoms with van der Waals surface area (Å²) >= 11 is 0. The van der Waals surface area contributed by atoms with E-state index in [9.17, 15) is 9.18 Å². The molecule has 2 rings (SSSR count). The summed E-state index contributed by atoms with van der Waals surface area (Å²) < 4.78 is 15.1. The van der Waals surface area contributed by atoms with Crippen LogP contribution >= 0.6 is 0 Å². The number of hydrogen-bond acceptors (Lipinski definition) is 3. The lowest BCUT2D eigenvalue weighted by atomic mass is 10.0. The Morgan fingerprint density at radius 1 is 1.39 bits per heavy atom. The number of amides is 2. The average Bonchev–Trinajstić information content (AvgIpc) is 2.95. The molecular formula is C16H21FN4O2. The summed E-state index contributed by atoms with van der Waals surface area (Å²) in [5, 5.41) is 18.5. The molecule has 124 valence electrons. The summed E-state index contributed by atoms with van der Waals surface area (Å²) in [5.74, 6) is -0.191. The van der Waals surface area contributed by atoms with Crippen LogP contribution in [0.3, 0.4) is 0 Å². The van der Waals surface area contributed by atoms with E-state index in [1.165, 1.54) is 23.1 Å². The van der Waals surface area contributed by atoms with Gasteiger partial charge in [-0.15, -0.1) is 0 Å². The second-order valence-corrected chi connectivity index (χ2v) is 5.59. The Bertz CT molecular complexity index is 657. The fourth-order valence-corrected chi connectivity index (χ4v) is 2.20. The molecule has 2 amide bonds. The van der Waals surface area contributed by atoms with E-state index in [0.717, 1.165) is 0 Å². The Kier molecular flexibility index (Phi) is 5.70. The van der Waals surface area contributed by atoms with Crippen molar-refractivity contribution < 1.29 is 14.3 Å². The third kappa shape index (κ3) is 4.53. The number of anilines is 1. The normalized spacial score (nSPS) is 12.2. The van der Waals surface area contributed by atoms with Crippen LogP contribution in [0, 0.1) is 11.7 Å². The molecule has 0 saturated heterocycles. The first-order valence-electron chi connectivity index (χ1n) is 7.49. The van der Waals surface area contributed by atoms with Gasteiger partial charge in [0.1, 0.15) is 11.5 Å². The number of hydrogen-bond donors (Lipinski definition) is 3. The number of benzene rings is 1. The minimum absolute atomic E-state index is 0.00828. The van der Waals surface area contributed by atoms with Crippen molar-refractivity contribution in [2.45, 2.75) is 26.3 Å². The number of carbonyl (C=O) groups excluding carboxylic acids is 1. The molecule has 0 fully saturated rings. The average molecular weight is 320 g/mol. The van der Waals surface area contributed by atoms with Gasteiger partial charge in [0, 0.05) is 12.6 Å². The molecule has 1 aromatic carbocycles. The Hall–Kier alpha value is -2.41. The first-order valence-corrected chi connectivity index (χ1v) is 7.49. The molecule has 0 saturated carbocycles. The number of nitrogens with one attached hydrogen (secondary N) is 2. The molecule has 0 radical (unpaired) electrons. The molecule has 0 aliphatic rings. The van der Waals surface area contributed by atoms with Crippen molar-refractivity contribution in [2.75, 3.05) is 11.9 Å². The summed E-state index contributed by atoms with van der Waals surface area (Å²) in [4.78, 5) is 12.0. The van der Waals surface area contributed by atoms with E-state index in [1.807, 2.05) is 13.8 Å². The molecular weight excluding hydrogens is 299 g/mol. The van der Waals surface area contributed by atoms with Crippen LogP contribution in [0.2, 0.25) is 0 Å². The highest BCUT2D eigenvalue weighted by atomic mass is 19.1. The van der Waals surface area contributed by atoms with Crippen molar-refractivity contribution in [1.29, 1.82) is 0 Å². The van der Waals surface area contributed by atoms with Crippen molar-refractivity contribution >= 4 is 11.7 Å². The van der Waals surface area contributed by atoms with Gasteiger partial charge in [0.15, 0.2) is 0 Å². The highest BCUT2D eigenvalue weighted by molar-refractivity contribution is 5.89. The largest absolute Gasteiger partial charge is 0.396 e. The van der Waals surface area contributed by atoms with Crippen LogP contribution in [-0.2, 0) is 0 Å². The predicted molar refractivity (Wildman–Crippen MR) is 86.0 cm³/mol. The van der Waals surface area contributed by atoms with Gasteiger partial charge < -0.3 is 15.7 Å². The van der Waals surface area contributed by atoms with Crippen LogP contribution in [0.1, 0.15) is 20.3 Å². The first kappa shape index (κ1) is 17.0. The van der Waals surface area contributed by atoms with E-state index < -0.39 is 5.82 Å². The number of aliphatic hydroxyl groups is 1. The number of para-hydroxylation sites is 1. The van der Waals surface area contributed by atoms with Gasteiger partial charge in [0.05, 0.1) is 18.1 Å². The van der Waals surface area contributed by atoms with Crippen LogP contribution in [0.15, 0.2) is 36.7 Å². The number of rotatable bonds is 6. The Morgan fingerprint density at radius 2 is 2.13 bits per heavy atom. The summed E-state index contributed by atoms with van der Waals surface area (Å²) in [6, 6.07) is 5.75. The second-order valence-electron chi connectivity index (χ2n) is 5.59. The molecule has 1 unspecified atom stereocenters. The van der Waals surface area contributed by atoms with Gasteiger partial charge in [0.2, 0.25) is 0 Å². The lowest BCUT2D eigenvalue weighted by Crippen LogP contribution is -2.41. The van der Waals surface area contributed by atoms with Gasteiger partial charge in [0.25, 0.3) is 0 Å². The fourth-order valence-electron chi connectivity index (χ4n) is 2.20. The standard InChI is InChI=1S/C16H21FN4O2/c1-11(2)14(7-8-22)20-16(23)19-12-9-18-21(10-12)15-6-4-3-5-13(15)17/h3-6,9-11,14,22H,7-8H2,1-2H3,(H2,19,20,23). The molecule has 0 spiro atoms. The fraction of sp³-hybridized carbons (Fsp3) is 0.375. The number of nitrogens with zero attached hydrogens (tertiary/aromatic N) is 2. The van der Waals surface area contributed by atoms with Crippen LogP contribution in [-0.4, -0.2) is 33.6 Å². The third-order valence-corrected chi connectivity index (χ3v) is 3.50. The van der Waals surface area contributed by atoms with Crippen LogP contribution in [0.5, 0.6) is 0 Å². The number of carbonyl (C=O) groups is 1. The third-order valence-electron chi connectivity index (χ3n) is 3.50. The predicted octanol–water partition coefficient (Wildman–Crippen LogP) is 2.54. The molecule has 1 atom stereocenters. The molecule has 2 aromatic rings. The zero-order valence-electron chi connectivity index (χ0n) is 13.2. The molecule has 0 aliphatic carbocycles. The zero-order chi connectivity index (χ0) is 16.8. The zero-order valence-corrected chi connectivity index (χ0v) is 13.2. The molecule has 23 heavy (non-hydrogen) atoms. The number of urea groups is 1. The smallest absolute Gasteiger partial charge is 0.319 e. The Balaban J connectivity index is 2.01. The van der Waals surface area contributed by atoms with E-state index >= 15 is 0 Å². The molecule has 6 nitrogen and oxygen atoms in total. The van der Waals surface area contributed by atoms with Gasteiger partial charge in [-0.1, -0.05) is 26.0 Å². The van der Waals surface area contributed by atoms with Crippen LogP contribution in [0.4, 0.5) is 14.9 Å². The Labute approximate surface area is 134 Å². The van der Waals surface area contributed by atoms with Crippen molar-refractivity contribution in [3.8, 4) is 5.69 Å². The monoisotopic (exact) mass is 320 g/mol. The molecule has 0 bridgehead atoms. The number of aliphatic hydroxyl groups excluding tert-OH is 1. The van der Waals surface area contributed by atoms with Crippen LogP contribution in [0.25, 0.3) is 5.69 Å². The van der Waals surface area contributed by atoms with E-state index in [0.29, 0.717) is 17.8 Å². The molecule has 1 heterocycles. The summed E-state index contributed by atoms with van der Waals surface area (Å²) in [6.07, 6.45) is 3.47. The first-order chi connectivity index (χ1) is 11.0. The molecule has 3 N–H and O–H groups in total. The summed E-state index contributed by atoms with van der Waals surface area (Å²) in [5.41, 5.74) is 0.763. The summed E-state index contributed by atoms with van der Waals surface area (Å²) in [7, 11) is 0. The van der Waals surface area contributed by atoms with Crippen molar-refractivity contribution in [1.82, 2.24) is 15.1 Å². The second kappa shape index (κ2) is 7.73. The van der Waals surface area contributed by atoms with Crippen molar-refractivity contribution in [2.24, 2.45) is 5.92 Å². The van der Waals surface area contributed by atoms with Gasteiger partial charge in [-0.3, -0.25) is 0 Å². The SMILES string of the molecule is CC(C)C(CCO)NC(=O)Nc1cnn(-c2ccccc2F)c1. The maximum absolute atomic E-state index is 13.7. The topological polar surface area (TPSA) is 79.2 Å². The maximum Gasteiger partial charge on any atom is 0.319 e. The van der Waals surface area contributed by atoms with Gasteiger partial charge in [-0.25, -0.2) is 13.9 Å². The minimum Gasteiger partial charge on any atom is -0.396 e. The lowest BCUT2D eigenvalue weighted by molar-refractivity contribution is 0.227.